The molecule has 1 aromatic carbocycles. The number of nitrogens with one attached hydrogen (secondary N) is 1. The lowest BCUT2D eigenvalue weighted by Gasteiger charge is -2.09. The molecule has 0 saturated heterocycles. The molecule has 1 aliphatic carbocycles. The van der Waals surface area contributed by atoms with Crippen LogP contribution in [0.5, 0.6) is 0 Å². The molecular formula is C17H22N4OS. The van der Waals surface area contributed by atoms with Crippen molar-refractivity contribution in [3.63, 3.8) is 0 Å². The van der Waals surface area contributed by atoms with Crippen molar-refractivity contribution >= 4 is 17.7 Å². The van der Waals surface area contributed by atoms with Gasteiger partial charge in [-0.3, -0.25) is 4.79 Å². The third-order valence-electron chi connectivity index (χ3n) is 4.04. The maximum atomic E-state index is 11.9. The summed E-state index contributed by atoms with van der Waals surface area (Å²) in [6.07, 6.45) is 2.49. The highest BCUT2D eigenvalue weighted by molar-refractivity contribution is 7.99. The average Bonchev–Trinajstić information content (AvgIpc) is 3.30. The zero-order chi connectivity index (χ0) is 16.2. The summed E-state index contributed by atoms with van der Waals surface area (Å²) in [7, 11) is 0. The van der Waals surface area contributed by atoms with E-state index >= 15 is 0 Å². The van der Waals surface area contributed by atoms with Crippen molar-refractivity contribution in [3.8, 4) is 11.4 Å². The number of rotatable bonds is 7. The normalized spacial score (nSPS) is 14.0. The molecule has 0 unspecified atom stereocenters. The van der Waals surface area contributed by atoms with Gasteiger partial charge in [0.05, 0.1) is 5.75 Å². The minimum absolute atomic E-state index is 0.0741. The summed E-state index contributed by atoms with van der Waals surface area (Å²) < 4.78 is 2.07. The Labute approximate surface area is 140 Å². The van der Waals surface area contributed by atoms with Gasteiger partial charge in [0.1, 0.15) is 0 Å². The summed E-state index contributed by atoms with van der Waals surface area (Å²) in [5.74, 6) is 2.03. The molecule has 1 N–H and O–H groups in total. The summed E-state index contributed by atoms with van der Waals surface area (Å²) in [5, 5.41) is 12.4. The van der Waals surface area contributed by atoms with Crippen LogP contribution in [-0.4, -0.2) is 33.0 Å². The van der Waals surface area contributed by atoms with Gasteiger partial charge in [0.15, 0.2) is 11.0 Å². The Kier molecular flexibility index (Phi) is 5.00. The molecule has 1 fully saturated rings. The molecule has 0 bridgehead atoms. The number of aryl methyl sites for hydroxylation is 1. The van der Waals surface area contributed by atoms with E-state index in [2.05, 4.69) is 46.1 Å². The predicted molar refractivity (Wildman–Crippen MR) is 92.3 cm³/mol. The number of amides is 1. The van der Waals surface area contributed by atoms with Gasteiger partial charge in [-0.25, -0.2) is 0 Å². The minimum atomic E-state index is 0.0741. The van der Waals surface area contributed by atoms with Crippen molar-refractivity contribution in [3.05, 3.63) is 29.8 Å². The average molecular weight is 330 g/mol. The van der Waals surface area contributed by atoms with Crippen LogP contribution in [-0.2, 0) is 11.3 Å². The van der Waals surface area contributed by atoms with Crippen LogP contribution in [0.3, 0.4) is 0 Å². The maximum Gasteiger partial charge on any atom is 0.230 e. The van der Waals surface area contributed by atoms with Crippen LogP contribution in [0.1, 0.15) is 25.3 Å². The second kappa shape index (κ2) is 7.17. The lowest BCUT2D eigenvalue weighted by atomic mass is 10.1. The Morgan fingerprint density at radius 2 is 2.13 bits per heavy atom. The zero-order valence-electron chi connectivity index (χ0n) is 13.6. The highest BCUT2D eigenvalue weighted by atomic mass is 32.2. The Balaban J connectivity index is 1.68. The fourth-order valence-corrected chi connectivity index (χ4v) is 3.30. The van der Waals surface area contributed by atoms with Crippen molar-refractivity contribution in [2.45, 2.75) is 38.4 Å². The molecular weight excluding hydrogens is 308 g/mol. The summed E-state index contributed by atoms with van der Waals surface area (Å²) >= 11 is 1.45. The number of hydrogen-bond donors (Lipinski definition) is 1. The minimum Gasteiger partial charge on any atom is -0.355 e. The van der Waals surface area contributed by atoms with Crippen molar-refractivity contribution < 1.29 is 4.79 Å². The first-order valence-corrected chi connectivity index (χ1v) is 9.06. The molecule has 0 radical (unpaired) electrons. The van der Waals surface area contributed by atoms with Crippen molar-refractivity contribution in [1.29, 1.82) is 0 Å². The number of carbonyl (C=O) groups is 1. The molecule has 6 heteroatoms. The van der Waals surface area contributed by atoms with Gasteiger partial charge in [0.25, 0.3) is 0 Å². The second-order valence-corrected chi connectivity index (χ2v) is 6.84. The molecule has 1 aromatic heterocycles. The van der Waals surface area contributed by atoms with Crippen LogP contribution in [0.15, 0.2) is 29.4 Å². The van der Waals surface area contributed by atoms with E-state index in [4.69, 9.17) is 0 Å². The Hall–Kier alpha value is -1.82. The first kappa shape index (κ1) is 16.1. The Bertz CT molecular complexity index is 694. The van der Waals surface area contributed by atoms with Gasteiger partial charge in [0.2, 0.25) is 5.91 Å². The molecule has 122 valence electrons. The van der Waals surface area contributed by atoms with Gasteiger partial charge >= 0.3 is 0 Å². The van der Waals surface area contributed by atoms with Crippen LogP contribution in [0.2, 0.25) is 0 Å². The Morgan fingerprint density at radius 1 is 1.35 bits per heavy atom. The fraction of sp³-hybridized carbons (Fsp3) is 0.471. The van der Waals surface area contributed by atoms with Crippen LogP contribution >= 0.6 is 11.8 Å². The first-order valence-electron chi connectivity index (χ1n) is 8.07. The molecule has 1 amide bonds. The molecule has 5 nitrogen and oxygen atoms in total. The third-order valence-corrected chi connectivity index (χ3v) is 5.00. The largest absolute Gasteiger partial charge is 0.355 e. The van der Waals surface area contributed by atoms with Gasteiger partial charge < -0.3 is 9.88 Å². The summed E-state index contributed by atoms with van der Waals surface area (Å²) in [5.41, 5.74) is 2.26. The fourth-order valence-electron chi connectivity index (χ4n) is 2.46. The predicted octanol–water partition coefficient (Wildman–Crippen LogP) is 2.89. The molecule has 0 spiro atoms. The van der Waals surface area contributed by atoms with Crippen LogP contribution < -0.4 is 5.32 Å². The summed E-state index contributed by atoms with van der Waals surface area (Å²) in [6, 6.07) is 8.16. The maximum absolute atomic E-state index is 11.9. The molecule has 2 aromatic rings. The molecule has 0 aliphatic heterocycles. The van der Waals surface area contributed by atoms with E-state index in [9.17, 15) is 4.79 Å². The van der Waals surface area contributed by atoms with Gasteiger partial charge in [0, 0.05) is 18.7 Å². The van der Waals surface area contributed by atoms with Crippen molar-refractivity contribution in [2.75, 3.05) is 12.3 Å². The van der Waals surface area contributed by atoms with E-state index in [1.807, 2.05) is 12.1 Å². The number of thioether (sulfide) groups is 1. The van der Waals surface area contributed by atoms with Crippen LogP contribution in [0.25, 0.3) is 11.4 Å². The lowest BCUT2D eigenvalue weighted by molar-refractivity contribution is -0.118. The van der Waals surface area contributed by atoms with E-state index in [1.54, 1.807) is 0 Å². The number of hydrogen-bond acceptors (Lipinski definition) is 4. The molecule has 0 atom stereocenters. The van der Waals surface area contributed by atoms with Gasteiger partial charge in [-0.1, -0.05) is 36.0 Å². The van der Waals surface area contributed by atoms with Gasteiger partial charge in [-0.05, 0) is 38.2 Å². The number of nitrogens with zero attached hydrogens (tertiary/aromatic N) is 3. The smallest absolute Gasteiger partial charge is 0.230 e. The highest BCUT2D eigenvalue weighted by Gasteiger charge is 2.22. The standard InChI is InChI=1S/C17H22N4OS/c1-3-21-16(14-7-5-4-6-12(14)2)19-20-17(21)23-11-15(22)18-10-13-8-9-13/h4-7,13H,3,8-11H2,1-2H3,(H,18,22). The number of benzene rings is 1. The molecule has 1 heterocycles. The van der Waals surface area contributed by atoms with E-state index in [0.29, 0.717) is 11.7 Å². The van der Waals surface area contributed by atoms with Crippen LogP contribution in [0, 0.1) is 12.8 Å². The van der Waals surface area contributed by atoms with Crippen molar-refractivity contribution in [2.24, 2.45) is 5.92 Å². The van der Waals surface area contributed by atoms with E-state index < -0.39 is 0 Å². The monoisotopic (exact) mass is 330 g/mol. The first-order chi connectivity index (χ1) is 11.2. The quantitative estimate of drug-likeness (QED) is 0.793. The lowest BCUT2D eigenvalue weighted by Crippen LogP contribution is -2.27. The van der Waals surface area contributed by atoms with Gasteiger partial charge in [-0.2, -0.15) is 0 Å². The summed E-state index contributed by atoms with van der Waals surface area (Å²) in [6.45, 7) is 5.74. The summed E-state index contributed by atoms with van der Waals surface area (Å²) in [4.78, 5) is 11.9. The number of aromatic nitrogens is 3. The molecule has 3 rings (SSSR count). The van der Waals surface area contributed by atoms with E-state index in [1.165, 1.54) is 30.2 Å². The van der Waals surface area contributed by atoms with Crippen molar-refractivity contribution in [1.82, 2.24) is 20.1 Å². The molecule has 1 saturated carbocycles. The zero-order valence-corrected chi connectivity index (χ0v) is 14.4. The third kappa shape index (κ3) is 3.93. The molecule has 1 aliphatic rings. The van der Waals surface area contributed by atoms with Gasteiger partial charge in [-0.15, -0.1) is 10.2 Å². The van der Waals surface area contributed by atoms with E-state index in [-0.39, 0.29) is 5.91 Å². The highest BCUT2D eigenvalue weighted by Crippen LogP contribution is 2.28. The topological polar surface area (TPSA) is 59.8 Å². The second-order valence-electron chi connectivity index (χ2n) is 5.90. The van der Waals surface area contributed by atoms with Crippen LogP contribution in [0.4, 0.5) is 0 Å². The Morgan fingerprint density at radius 3 is 2.83 bits per heavy atom. The molecule has 23 heavy (non-hydrogen) atoms. The van der Waals surface area contributed by atoms with E-state index in [0.717, 1.165) is 29.6 Å². The SMILES string of the molecule is CCn1c(SCC(=O)NCC2CC2)nnc1-c1ccccc1C. The number of carbonyl (C=O) groups excluding carboxylic acids is 1.